The van der Waals surface area contributed by atoms with Crippen LogP contribution in [0.5, 0.6) is 0 Å². The maximum absolute atomic E-state index is 12.7. The molecule has 2 aromatic rings. The molecule has 1 aliphatic rings. The summed E-state index contributed by atoms with van der Waals surface area (Å²) in [6.45, 7) is 10.1. The molecule has 2 aromatic carbocycles. The quantitative estimate of drug-likeness (QED) is 0.761. The lowest BCUT2D eigenvalue weighted by atomic mass is 9.95. The Hall–Kier alpha value is -2.13. The second kappa shape index (κ2) is 9.88. The fourth-order valence-electron chi connectivity index (χ4n) is 4.04. The molecule has 3 nitrogen and oxygen atoms in total. The van der Waals surface area contributed by atoms with Gasteiger partial charge in [0.1, 0.15) is 0 Å². The van der Waals surface area contributed by atoms with Crippen molar-refractivity contribution in [3.8, 4) is 0 Å². The van der Waals surface area contributed by atoms with Crippen LogP contribution in [-0.2, 0) is 30.7 Å². The maximum atomic E-state index is 12.7. The Labute approximate surface area is 170 Å². The Balaban J connectivity index is 1.48. The number of likely N-dealkylation sites (tertiary alicyclic amines) is 1. The number of nitrogens with zero attached hydrogens (tertiary/aromatic N) is 1. The topological polar surface area (TPSA) is 32.3 Å². The van der Waals surface area contributed by atoms with E-state index in [1.807, 2.05) is 0 Å². The number of amides is 1. The van der Waals surface area contributed by atoms with E-state index in [1.165, 1.54) is 27.8 Å². The summed E-state index contributed by atoms with van der Waals surface area (Å²) in [6.07, 6.45) is 3.94. The summed E-state index contributed by atoms with van der Waals surface area (Å²) in [5.41, 5.74) is 6.61. The molecule has 3 rings (SSSR count). The van der Waals surface area contributed by atoms with Gasteiger partial charge in [0, 0.05) is 19.0 Å². The van der Waals surface area contributed by atoms with Crippen LogP contribution in [0.25, 0.3) is 0 Å². The average molecular weight is 379 g/mol. The molecule has 0 spiro atoms. The van der Waals surface area contributed by atoms with E-state index in [0.717, 1.165) is 45.3 Å². The van der Waals surface area contributed by atoms with E-state index in [-0.39, 0.29) is 11.8 Å². The van der Waals surface area contributed by atoms with Gasteiger partial charge in [0.05, 0.1) is 0 Å². The lowest BCUT2D eigenvalue weighted by Gasteiger charge is -2.31. The molecule has 1 aliphatic heterocycles. The fourth-order valence-corrected chi connectivity index (χ4v) is 4.04. The maximum Gasteiger partial charge on any atom is 0.223 e. The first kappa shape index (κ1) is 20.6. The van der Waals surface area contributed by atoms with Crippen LogP contribution < -0.4 is 5.32 Å². The van der Waals surface area contributed by atoms with Gasteiger partial charge in [-0.05, 0) is 68.0 Å². The van der Waals surface area contributed by atoms with Crippen molar-refractivity contribution in [2.24, 2.45) is 5.92 Å². The molecular formula is C25H34N2O. The molecule has 28 heavy (non-hydrogen) atoms. The van der Waals surface area contributed by atoms with Gasteiger partial charge in [-0.15, -0.1) is 0 Å². The van der Waals surface area contributed by atoms with Gasteiger partial charge >= 0.3 is 0 Å². The largest absolute Gasteiger partial charge is 0.352 e. The van der Waals surface area contributed by atoms with Crippen molar-refractivity contribution >= 4 is 5.91 Å². The first-order valence-corrected chi connectivity index (χ1v) is 10.7. The Kier molecular flexibility index (Phi) is 7.27. The number of carbonyl (C=O) groups excluding carboxylic acids is 1. The Morgan fingerprint density at radius 1 is 0.964 bits per heavy atom. The molecule has 1 saturated heterocycles. The number of hydrogen-bond donors (Lipinski definition) is 1. The van der Waals surface area contributed by atoms with E-state index in [4.69, 9.17) is 0 Å². The van der Waals surface area contributed by atoms with Crippen molar-refractivity contribution in [1.29, 1.82) is 0 Å². The molecule has 0 aliphatic carbocycles. The highest BCUT2D eigenvalue weighted by molar-refractivity contribution is 5.78. The summed E-state index contributed by atoms with van der Waals surface area (Å²) >= 11 is 0. The van der Waals surface area contributed by atoms with Crippen molar-refractivity contribution < 1.29 is 4.79 Å². The van der Waals surface area contributed by atoms with Crippen LogP contribution in [0.3, 0.4) is 0 Å². The standard InChI is InChI=1S/C25H34N2O/c1-4-20-10-11-22(5-2)24(16-20)17-26-25(28)23-12-14-27(15-13-23)18-21-8-6-19(3)7-9-21/h6-11,16,23H,4-5,12-15,17-18H2,1-3H3,(H,26,28). The minimum Gasteiger partial charge on any atom is -0.352 e. The van der Waals surface area contributed by atoms with Gasteiger partial charge in [-0.2, -0.15) is 0 Å². The number of carbonyl (C=O) groups is 1. The summed E-state index contributed by atoms with van der Waals surface area (Å²) in [5.74, 6) is 0.368. The van der Waals surface area contributed by atoms with Gasteiger partial charge in [0.15, 0.2) is 0 Å². The van der Waals surface area contributed by atoms with E-state index in [1.54, 1.807) is 0 Å². The van der Waals surface area contributed by atoms with E-state index >= 15 is 0 Å². The van der Waals surface area contributed by atoms with Crippen LogP contribution in [-0.4, -0.2) is 23.9 Å². The molecule has 1 heterocycles. The minimum atomic E-state index is 0.147. The molecule has 1 amide bonds. The zero-order valence-corrected chi connectivity index (χ0v) is 17.6. The predicted octanol–water partition coefficient (Wildman–Crippen LogP) is 4.65. The van der Waals surface area contributed by atoms with E-state index in [9.17, 15) is 4.79 Å². The van der Waals surface area contributed by atoms with E-state index in [2.05, 4.69) is 73.5 Å². The van der Waals surface area contributed by atoms with Crippen LogP contribution in [0.4, 0.5) is 0 Å². The van der Waals surface area contributed by atoms with Crippen molar-refractivity contribution in [1.82, 2.24) is 10.2 Å². The lowest BCUT2D eigenvalue weighted by molar-refractivity contribution is -0.126. The second-order valence-corrected chi connectivity index (χ2v) is 8.06. The number of piperidine rings is 1. The Bertz CT molecular complexity index is 774. The van der Waals surface area contributed by atoms with Gasteiger partial charge in [0.25, 0.3) is 0 Å². The number of aryl methyl sites for hydroxylation is 3. The molecule has 0 unspecified atom stereocenters. The summed E-state index contributed by atoms with van der Waals surface area (Å²) in [6, 6.07) is 15.4. The van der Waals surface area contributed by atoms with Crippen molar-refractivity contribution in [3.05, 3.63) is 70.3 Å². The smallest absolute Gasteiger partial charge is 0.223 e. The number of hydrogen-bond acceptors (Lipinski definition) is 2. The average Bonchev–Trinajstić information content (AvgIpc) is 2.74. The van der Waals surface area contributed by atoms with E-state index in [0.29, 0.717) is 6.54 Å². The number of rotatable bonds is 7. The zero-order valence-electron chi connectivity index (χ0n) is 17.6. The molecule has 0 saturated carbocycles. The molecule has 3 heteroatoms. The van der Waals surface area contributed by atoms with Gasteiger partial charge < -0.3 is 5.32 Å². The monoisotopic (exact) mass is 378 g/mol. The number of nitrogens with one attached hydrogen (secondary N) is 1. The third kappa shape index (κ3) is 5.45. The lowest BCUT2D eigenvalue weighted by Crippen LogP contribution is -2.40. The van der Waals surface area contributed by atoms with Crippen LogP contribution >= 0.6 is 0 Å². The summed E-state index contributed by atoms with van der Waals surface area (Å²) in [7, 11) is 0. The van der Waals surface area contributed by atoms with Crippen molar-refractivity contribution in [3.63, 3.8) is 0 Å². The molecule has 0 atom stereocenters. The highest BCUT2D eigenvalue weighted by Gasteiger charge is 2.24. The van der Waals surface area contributed by atoms with Crippen LogP contribution in [0, 0.1) is 12.8 Å². The van der Waals surface area contributed by atoms with Gasteiger partial charge in [-0.25, -0.2) is 0 Å². The van der Waals surface area contributed by atoms with Crippen LogP contribution in [0.2, 0.25) is 0 Å². The fraction of sp³-hybridized carbons (Fsp3) is 0.480. The minimum absolute atomic E-state index is 0.147. The zero-order chi connectivity index (χ0) is 19.9. The predicted molar refractivity (Wildman–Crippen MR) is 116 cm³/mol. The highest BCUT2D eigenvalue weighted by Crippen LogP contribution is 2.20. The normalized spacial score (nSPS) is 15.5. The third-order valence-electron chi connectivity index (χ3n) is 6.00. The SMILES string of the molecule is CCc1ccc(CC)c(CNC(=O)C2CCN(Cc3ccc(C)cc3)CC2)c1. The molecule has 0 radical (unpaired) electrons. The Morgan fingerprint density at radius 2 is 1.64 bits per heavy atom. The van der Waals surface area contributed by atoms with Crippen LogP contribution in [0.15, 0.2) is 42.5 Å². The molecule has 0 bridgehead atoms. The van der Waals surface area contributed by atoms with Gasteiger partial charge in [-0.3, -0.25) is 9.69 Å². The Morgan fingerprint density at radius 3 is 2.29 bits per heavy atom. The molecule has 0 aromatic heterocycles. The van der Waals surface area contributed by atoms with Crippen molar-refractivity contribution in [2.45, 2.75) is 59.5 Å². The second-order valence-electron chi connectivity index (χ2n) is 8.06. The van der Waals surface area contributed by atoms with Gasteiger partial charge in [-0.1, -0.05) is 61.9 Å². The summed E-state index contributed by atoms with van der Waals surface area (Å²) in [4.78, 5) is 15.2. The first-order chi connectivity index (χ1) is 13.6. The summed E-state index contributed by atoms with van der Waals surface area (Å²) < 4.78 is 0. The third-order valence-corrected chi connectivity index (χ3v) is 6.00. The molecular weight excluding hydrogens is 344 g/mol. The number of benzene rings is 2. The molecule has 150 valence electrons. The van der Waals surface area contributed by atoms with Gasteiger partial charge in [0.2, 0.25) is 5.91 Å². The highest BCUT2D eigenvalue weighted by atomic mass is 16.1. The van der Waals surface area contributed by atoms with Crippen molar-refractivity contribution in [2.75, 3.05) is 13.1 Å². The van der Waals surface area contributed by atoms with E-state index < -0.39 is 0 Å². The molecule has 1 fully saturated rings. The first-order valence-electron chi connectivity index (χ1n) is 10.7. The van der Waals surface area contributed by atoms with Crippen LogP contribution in [0.1, 0.15) is 54.5 Å². The molecule has 1 N–H and O–H groups in total. The summed E-state index contributed by atoms with van der Waals surface area (Å²) in [5, 5.41) is 3.21.